The molecule has 1 aromatic heterocycles. The van der Waals surface area contributed by atoms with Gasteiger partial charge in [-0.25, -0.2) is 4.39 Å². The molecule has 94 valence electrons. The summed E-state index contributed by atoms with van der Waals surface area (Å²) in [6, 6.07) is 4.03. The Balaban J connectivity index is 2.12. The minimum absolute atomic E-state index is 0.444. The van der Waals surface area contributed by atoms with Crippen molar-refractivity contribution in [2.75, 3.05) is 18.0 Å². The number of aryl methyl sites for hydroxylation is 1. The van der Waals surface area contributed by atoms with Crippen molar-refractivity contribution in [2.24, 2.45) is 11.8 Å². The number of aromatic nitrogens is 1. The first-order valence-electron chi connectivity index (χ1n) is 6.38. The Bertz CT molecular complexity index is 361. The molecule has 0 N–H and O–H groups in total. The van der Waals surface area contributed by atoms with Gasteiger partial charge in [-0.05, 0) is 37.3 Å². The molecular weight excluding hydrogens is 215 g/mol. The van der Waals surface area contributed by atoms with Gasteiger partial charge in [0.05, 0.1) is 11.9 Å². The van der Waals surface area contributed by atoms with E-state index in [-0.39, 0.29) is 0 Å². The lowest BCUT2D eigenvalue weighted by molar-refractivity contribution is 0.203. The summed E-state index contributed by atoms with van der Waals surface area (Å²) in [5, 5.41) is 0. The van der Waals surface area contributed by atoms with Crippen LogP contribution in [0.5, 0.6) is 0 Å². The van der Waals surface area contributed by atoms with Gasteiger partial charge >= 0.3 is 0 Å². The van der Waals surface area contributed by atoms with Crippen LogP contribution >= 0.6 is 0 Å². The third-order valence-electron chi connectivity index (χ3n) is 3.64. The van der Waals surface area contributed by atoms with E-state index >= 15 is 0 Å². The molecule has 0 saturated carbocycles. The average molecular weight is 236 g/mol. The second-order valence-corrected chi connectivity index (χ2v) is 5.40. The number of alkyl halides is 1. The van der Waals surface area contributed by atoms with Crippen molar-refractivity contribution in [1.82, 2.24) is 4.98 Å². The van der Waals surface area contributed by atoms with E-state index in [2.05, 4.69) is 23.7 Å². The van der Waals surface area contributed by atoms with Crippen molar-refractivity contribution in [2.45, 2.75) is 33.4 Å². The van der Waals surface area contributed by atoms with Crippen LogP contribution in [0, 0.1) is 18.8 Å². The van der Waals surface area contributed by atoms with Gasteiger partial charge in [-0.1, -0.05) is 13.8 Å². The van der Waals surface area contributed by atoms with E-state index in [0.29, 0.717) is 24.8 Å². The molecule has 0 aliphatic carbocycles. The highest BCUT2D eigenvalue weighted by Gasteiger charge is 2.29. The van der Waals surface area contributed by atoms with E-state index in [4.69, 9.17) is 0 Å². The summed E-state index contributed by atoms with van der Waals surface area (Å²) in [5.41, 5.74) is 2.05. The number of piperidine rings is 1. The van der Waals surface area contributed by atoms with Crippen molar-refractivity contribution in [3.05, 3.63) is 24.0 Å². The number of nitrogens with zero attached hydrogens (tertiary/aromatic N) is 2. The standard InChI is InChI=1S/C14H21FN2/c1-10(2)12-6-13(15)9-17(8-12)14-5-4-11(3)16-7-14/h4-5,7,10,12-13H,6,8-9H2,1-3H3. The fourth-order valence-electron chi connectivity index (χ4n) is 2.42. The highest BCUT2D eigenvalue weighted by atomic mass is 19.1. The lowest BCUT2D eigenvalue weighted by Gasteiger charge is -2.37. The Kier molecular flexibility index (Phi) is 3.65. The molecule has 0 radical (unpaired) electrons. The van der Waals surface area contributed by atoms with E-state index < -0.39 is 6.17 Å². The van der Waals surface area contributed by atoms with Crippen molar-refractivity contribution < 1.29 is 4.39 Å². The number of anilines is 1. The van der Waals surface area contributed by atoms with E-state index in [1.807, 2.05) is 25.3 Å². The fraction of sp³-hybridized carbons (Fsp3) is 0.643. The Morgan fingerprint density at radius 3 is 2.71 bits per heavy atom. The highest BCUT2D eigenvalue weighted by Crippen LogP contribution is 2.28. The first-order chi connectivity index (χ1) is 8.06. The van der Waals surface area contributed by atoms with Crippen LogP contribution in [0.15, 0.2) is 18.3 Å². The predicted octanol–water partition coefficient (Wildman–Crippen LogP) is 3.21. The third kappa shape index (κ3) is 2.96. The zero-order chi connectivity index (χ0) is 12.4. The van der Waals surface area contributed by atoms with Gasteiger partial charge in [0.1, 0.15) is 6.17 Å². The van der Waals surface area contributed by atoms with Gasteiger partial charge < -0.3 is 4.90 Å². The molecule has 2 atom stereocenters. The van der Waals surface area contributed by atoms with Crippen LogP contribution in [0.25, 0.3) is 0 Å². The summed E-state index contributed by atoms with van der Waals surface area (Å²) < 4.78 is 13.7. The van der Waals surface area contributed by atoms with Crippen molar-refractivity contribution in [1.29, 1.82) is 0 Å². The van der Waals surface area contributed by atoms with Crippen LogP contribution in [-0.4, -0.2) is 24.2 Å². The first-order valence-corrected chi connectivity index (χ1v) is 6.38. The summed E-state index contributed by atoms with van der Waals surface area (Å²) in [4.78, 5) is 6.42. The number of halogens is 1. The maximum Gasteiger partial charge on any atom is 0.118 e. The van der Waals surface area contributed by atoms with E-state index in [1.54, 1.807) is 0 Å². The maximum absolute atomic E-state index is 13.7. The summed E-state index contributed by atoms with van der Waals surface area (Å²) in [6.45, 7) is 7.77. The first kappa shape index (κ1) is 12.3. The van der Waals surface area contributed by atoms with Crippen LogP contribution in [-0.2, 0) is 0 Å². The maximum atomic E-state index is 13.7. The lowest BCUT2D eigenvalue weighted by atomic mass is 9.87. The number of hydrogen-bond acceptors (Lipinski definition) is 2. The number of hydrogen-bond donors (Lipinski definition) is 0. The Morgan fingerprint density at radius 2 is 2.12 bits per heavy atom. The summed E-state index contributed by atoms with van der Waals surface area (Å²) >= 11 is 0. The van der Waals surface area contributed by atoms with Gasteiger partial charge in [-0.3, -0.25) is 4.98 Å². The molecule has 0 spiro atoms. The Hall–Kier alpha value is -1.12. The minimum Gasteiger partial charge on any atom is -0.367 e. The molecule has 0 amide bonds. The topological polar surface area (TPSA) is 16.1 Å². The zero-order valence-corrected chi connectivity index (χ0v) is 10.9. The van der Waals surface area contributed by atoms with Gasteiger partial charge in [-0.15, -0.1) is 0 Å². The molecule has 1 fully saturated rings. The zero-order valence-electron chi connectivity index (χ0n) is 10.9. The summed E-state index contributed by atoms with van der Waals surface area (Å²) in [6.07, 6.45) is 1.84. The van der Waals surface area contributed by atoms with E-state index in [1.165, 1.54) is 0 Å². The summed E-state index contributed by atoms with van der Waals surface area (Å²) in [5.74, 6) is 0.981. The van der Waals surface area contributed by atoms with Crippen LogP contribution in [0.3, 0.4) is 0 Å². The van der Waals surface area contributed by atoms with Crippen molar-refractivity contribution in [3.8, 4) is 0 Å². The molecule has 1 aliphatic heterocycles. The largest absolute Gasteiger partial charge is 0.367 e. The fourth-order valence-corrected chi connectivity index (χ4v) is 2.42. The van der Waals surface area contributed by atoms with E-state index in [9.17, 15) is 4.39 Å². The molecule has 1 saturated heterocycles. The van der Waals surface area contributed by atoms with Gasteiger partial charge in [0, 0.05) is 18.8 Å². The molecule has 17 heavy (non-hydrogen) atoms. The molecule has 2 rings (SSSR count). The highest BCUT2D eigenvalue weighted by molar-refractivity contribution is 5.45. The summed E-state index contributed by atoms with van der Waals surface area (Å²) in [7, 11) is 0. The molecule has 2 nitrogen and oxygen atoms in total. The Morgan fingerprint density at radius 1 is 1.35 bits per heavy atom. The second-order valence-electron chi connectivity index (χ2n) is 5.40. The van der Waals surface area contributed by atoms with Crippen LogP contribution in [0.4, 0.5) is 10.1 Å². The minimum atomic E-state index is -0.711. The number of rotatable bonds is 2. The molecule has 0 aromatic carbocycles. The molecule has 3 heteroatoms. The normalized spacial score (nSPS) is 25.4. The van der Waals surface area contributed by atoms with Crippen LogP contribution in [0.2, 0.25) is 0 Å². The van der Waals surface area contributed by atoms with Gasteiger partial charge in [0.2, 0.25) is 0 Å². The Labute approximate surface area is 103 Å². The monoisotopic (exact) mass is 236 g/mol. The van der Waals surface area contributed by atoms with Crippen LogP contribution in [0.1, 0.15) is 26.0 Å². The van der Waals surface area contributed by atoms with Crippen molar-refractivity contribution in [3.63, 3.8) is 0 Å². The average Bonchev–Trinajstić information content (AvgIpc) is 2.29. The molecular formula is C14H21FN2. The quantitative estimate of drug-likeness (QED) is 0.784. The molecule has 2 unspecified atom stereocenters. The molecule has 2 heterocycles. The lowest BCUT2D eigenvalue weighted by Crippen LogP contribution is -2.43. The predicted molar refractivity (Wildman–Crippen MR) is 69.0 cm³/mol. The third-order valence-corrected chi connectivity index (χ3v) is 3.64. The second kappa shape index (κ2) is 5.03. The molecule has 0 bridgehead atoms. The smallest absolute Gasteiger partial charge is 0.118 e. The van der Waals surface area contributed by atoms with E-state index in [0.717, 1.165) is 17.9 Å². The van der Waals surface area contributed by atoms with Crippen molar-refractivity contribution >= 4 is 5.69 Å². The number of pyridine rings is 1. The van der Waals surface area contributed by atoms with Gasteiger partial charge in [0.25, 0.3) is 0 Å². The molecule has 1 aliphatic rings. The SMILES string of the molecule is Cc1ccc(N2CC(F)CC(C(C)C)C2)cn1. The van der Waals surface area contributed by atoms with Gasteiger partial charge in [-0.2, -0.15) is 0 Å². The van der Waals surface area contributed by atoms with Crippen LogP contribution < -0.4 is 4.90 Å². The molecule has 1 aromatic rings. The van der Waals surface area contributed by atoms with Gasteiger partial charge in [0.15, 0.2) is 0 Å².